The van der Waals surface area contributed by atoms with Gasteiger partial charge in [0.05, 0.1) is 6.10 Å². The first-order chi connectivity index (χ1) is 8.10. The molecule has 100 valence electrons. The third-order valence-electron chi connectivity index (χ3n) is 4.36. The Morgan fingerprint density at radius 1 is 1.41 bits per heavy atom. The van der Waals surface area contributed by atoms with Crippen molar-refractivity contribution >= 4 is 0 Å². The van der Waals surface area contributed by atoms with E-state index in [-0.39, 0.29) is 6.10 Å². The van der Waals surface area contributed by atoms with E-state index in [1.165, 1.54) is 25.9 Å². The molecule has 0 bridgehead atoms. The van der Waals surface area contributed by atoms with Gasteiger partial charge in [0, 0.05) is 19.6 Å². The molecule has 2 unspecified atom stereocenters. The van der Waals surface area contributed by atoms with E-state index in [9.17, 15) is 5.11 Å². The van der Waals surface area contributed by atoms with Gasteiger partial charge >= 0.3 is 0 Å². The lowest BCUT2D eigenvalue weighted by Gasteiger charge is -2.31. The molecule has 0 spiro atoms. The van der Waals surface area contributed by atoms with Gasteiger partial charge in [0.1, 0.15) is 5.60 Å². The van der Waals surface area contributed by atoms with Gasteiger partial charge < -0.3 is 20.1 Å². The molecule has 0 aromatic rings. The fraction of sp³-hybridized carbons (Fsp3) is 1.00. The number of aliphatic hydroxyl groups is 1. The topological polar surface area (TPSA) is 44.7 Å². The van der Waals surface area contributed by atoms with Crippen molar-refractivity contribution in [3.8, 4) is 0 Å². The van der Waals surface area contributed by atoms with E-state index < -0.39 is 5.60 Å². The lowest BCUT2D eigenvalue weighted by atomic mass is 9.94. The summed E-state index contributed by atoms with van der Waals surface area (Å²) in [4.78, 5) is 2.39. The van der Waals surface area contributed by atoms with E-state index in [1.807, 2.05) is 6.92 Å². The number of hydrogen-bond donors (Lipinski definition) is 2. The molecule has 2 N–H and O–H groups in total. The third-order valence-corrected chi connectivity index (χ3v) is 4.36. The first-order valence-electron chi connectivity index (χ1n) is 6.83. The van der Waals surface area contributed by atoms with E-state index in [0.717, 1.165) is 18.9 Å². The van der Waals surface area contributed by atoms with E-state index >= 15 is 0 Å². The number of hydrogen-bond acceptors (Lipinski definition) is 4. The number of ether oxygens (including phenoxy) is 1. The van der Waals surface area contributed by atoms with Crippen LogP contribution in [0.2, 0.25) is 0 Å². The zero-order chi connectivity index (χ0) is 12.3. The number of piperidine rings is 1. The number of nitrogens with one attached hydrogen (secondary N) is 1. The average molecular weight is 242 g/mol. The molecular formula is C13H26N2O2. The Labute approximate surface area is 104 Å². The van der Waals surface area contributed by atoms with Crippen molar-refractivity contribution in [2.24, 2.45) is 5.92 Å². The molecule has 2 aliphatic heterocycles. The highest BCUT2D eigenvalue weighted by Gasteiger charge is 2.39. The summed E-state index contributed by atoms with van der Waals surface area (Å²) in [5.41, 5.74) is -0.647. The molecule has 0 aromatic carbocycles. The van der Waals surface area contributed by atoms with Crippen LogP contribution in [0, 0.1) is 5.92 Å². The molecule has 17 heavy (non-hydrogen) atoms. The van der Waals surface area contributed by atoms with Crippen molar-refractivity contribution in [3.63, 3.8) is 0 Å². The molecule has 0 radical (unpaired) electrons. The van der Waals surface area contributed by atoms with Crippen molar-refractivity contribution in [3.05, 3.63) is 0 Å². The summed E-state index contributed by atoms with van der Waals surface area (Å²) < 4.78 is 5.43. The molecule has 4 heteroatoms. The van der Waals surface area contributed by atoms with Gasteiger partial charge in [-0.05, 0) is 52.4 Å². The van der Waals surface area contributed by atoms with Crippen LogP contribution >= 0.6 is 0 Å². The summed E-state index contributed by atoms with van der Waals surface area (Å²) in [6.45, 7) is 6.76. The first-order valence-corrected chi connectivity index (χ1v) is 6.83. The van der Waals surface area contributed by atoms with Crippen LogP contribution < -0.4 is 5.32 Å². The fourth-order valence-corrected chi connectivity index (χ4v) is 2.76. The smallest absolute Gasteiger partial charge is 0.105 e. The Hall–Kier alpha value is -0.160. The SMILES string of the molecule is CC1OCCC1(O)CNCC1CCN(C)CC1. The van der Waals surface area contributed by atoms with E-state index in [2.05, 4.69) is 17.3 Å². The van der Waals surface area contributed by atoms with Gasteiger partial charge in [-0.15, -0.1) is 0 Å². The highest BCUT2D eigenvalue weighted by Crippen LogP contribution is 2.25. The van der Waals surface area contributed by atoms with Crippen LogP contribution in [0.1, 0.15) is 26.2 Å². The average Bonchev–Trinajstić information content (AvgIpc) is 2.63. The summed E-state index contributed by atoms with van der Waals surface area (Å²) in [7, 11) is 2.18. The molecule has 2 fully saturated rings. The Morgan fingerprint density at radius 3 is 2.71 bits per heavy atom. The number of rotatable bonds is 4. The van der Waals surface area contributed by atoms with Crippen LogP contribution in [0.25, 0.3) is 0 Å². The molecule has 2 rings (SSSR count). The van der Waals surface area contributed by atoms with E-state index in [1.54, 1.807) is 0 Å². The largest absolute Gasteiger partial charge is 0.386 e. The highest BCUT2D eigenvalue weighted by atomic mass is 16.5. The molecule has 0 aliphatic carbocycles. The van der Waals surface area contributed by atoms with Gasteiger partial charge in [0.15, 0.2) is 0 Å². The minimum Gasteiger partial charge on any atom is -0.386 e. The summed E-state index contributed by atoms with van der Waals surface area (Å²) in [5.74, 6) is 0.771. The van der Waals surface area contributed by atoms with Crippen molar-refractivity contribution in [2.75, 3.05) is 39.8 Å². The van der Waals surface area contributed by atoms with Crippen molar-refractivity contribution in [2.45, 2.75) is 37.9 Å². The van der Waals surface area contributed by atoms with Crippen LogP contribution in [0.5, 0.6) is 0 Å². The summed E-state index contributed by atoms with van der Waals surface area (Å²) in [5, 5.41) is 13.8. The zero-order valence-corrected chi connectivity index (χ0v) is 11.1. The maximum absolute atomic E-state index is 10.3. The molecule has 2 saturated heterocycles. The first kappa shape index (κ1) is 13.3. The number of nitrogens with zero attached hydrogens (tertiary/aromatic N) is 1. The molecule has 0 aromatic heterocycles. The predicted octanol–water partition coefficient (Wildman–Crippen LogP) is 0.458. The normalized spacial score (nSPS) is 36.5. The lowest BCUT2D eigenvalue weighted by Crippen LogP contribution is -2.47. The quantitative estimate of drug-likeness (QED) is 0.752. The molecular weight excluding hydrogens is 216 g/mol. The minimum atomic E-state index is -0.647. The van der Waals surface area contributed by atoms with Crippen LogP contribution in [0.15, 0.2) is 0 Å². The third kappa shape index (κ3) is 3.41. The zero-order valence-electron chi connectivity index (χ0n) is 11.1. The monoisotopic (exact) mass is 242 g/mol. The predicted molar refractivity (Wildman–Crippen MR) is 68.1 cm³/mol. The van der Waals surface area contributed by atoms with Crippen molar-refractivity contribution in [1.29, 1.82) is 0 Å². The van der Waals surface area contributed by atoms with Gasteiger partial charge in [-0.3, -0.25) is 0 Å². The van der Waals surface area contributed by atoms with Gasteiger partial charge in [0.2, 0.25) is 0 Å². The molecule has 0 amide bonds. The van der Waals surface area contributed by atoms with Crippen molar-refractivity contribution in [1.82, 2.24) is 10.2 Å². The fourth-order valence-electron chi connectivity index (χ4n) is 2.76. The van der Waals surface area contributed by atoms with Crippen LogP contribution in [-0.4, -0.2) is 61.5 Å². The maximum Gasteiger partial charge on any atom is 0.105 e. The van der Waals surface area contributed by atoms with Gasteiger partial charge in [-0.1, -0.05) is 0 Å². The lowest BCUT2D eigenvalue weighted by molar-refractivity contribution is -0.0267. The molecule has 2 aliphatic rings. The molecule has 4 nitrogen and oxygen atoms in total. The van der Waals surface area contributed by atoms with Gasteiger partial charge in [-0.2, -0.15) is 0 Å². The second kappa shape index (κ2) is 5.65. The van der Waals surface area contributed by atoms with Crippen LogP contribution in [0.3, 0.4) is 0 Å². The highest BCUT2D eigenvalue weighted by molar-refractivity contribution is 4.91. The summed E-state index contributed by atoms with van der Waals surface area (Å²) in [6, 6.07) is 0. The van der Waals surface area contributed by atoms with E-state index in [0.29, 0.717) is 13.2 Å². The molecule has 2 atom stereocenters. The Balaban J connectivity index is 1.66. The second-order valence-corrected chi connectivity index (χ2v) is 5.74. The Morgan fingerprint density at radius 2 is 2.12 bits per heavy atom. The second-order valence-electron chi connectivity index (χ2n) is 5.74. The molecule has 0 saturated carbocycles. The summed E-state index contributed by atoms with van der Waals surface area (Å²) in [6.07, 6.45) is 3.27. The maximum atomic E-state index is 10.3. The molecule has 2 heterocycles. The Kier molecular flexibility index (Phi) is 4.42. The van der Waals surface area contributed by atoms with Crippen molar-refractivity contribution < 1.29 is 9.84 Å². The number of likely N-dealkylation sites (tertiary alicyclic amines) is 1. The van der Waals surface area contributed by atoms with Gasteiger partial charge in [-0.25, -0.2) is 0 Å². The van der Waals surface area contributed by atoms with Crippen LogP contribution in [-0.2, 0) is 4.74 Å². The van der Waals surface area contributed by atoms with E-state index in [4.69, 9.17) is 4.74 Å². The minimum absolute atomic E-state index is 0.0347. The standard InChI is InChI=1S/C13H26N2O2/c1-11-13(16,5-8-17-11)10-14-9-12-3-6-15(2)7-4-12/h11-12,14,16H,3-10H2,1-2H3. The summed E-state index contributed by atoms with van der Waals surface area (Å²) >= 11 is 0. The Bertz CT molecular complexity index is 242. The van der Waals surface area contributed by atoms with Crippen LogP contribution in [0.4, 0.5) is 0 Å². The van der Waals surface area contributed by atoms with Gasteiger partial charge in [0.25, 0.3) is 0 Å².